The first-order valence-electron chi connectivity index (χ1n) is 6.07. The fraction of sp³-hybridized carbons (Fsp3) is 0.214. The van der Waals surface area contributed by atoms with E-state index >= 15 is 0 Å². The van der Waals surface area contributed by atoms with Crippen molar-refractivity contribution in [1.82, 2.24) is 9.97 Å². The maximum Gasteiger partial charge on any atom is 0.345 e. The van der Waals surface area contributed by atoms with Gasteiger partial charge in [-0.15, -0.1) is 0 Å². The van der Waals surface area contributed by atoms with Crippen LogP contribution in [0.15, 0.2) is 33.5 Å². The molecular weight excluding hydrogens is 324 g/mol. The van der Waals surface area contributed by atoms with E-state index in [0.29, 0.717) is 17.0 Å². The summed E-state index contributed by atoms with van der Waals surface area (Å²) < 4.78 is 5.93. The van der Waals surface area contributed by atoms with Crippen molar-refractivity contribution in [2.45, 2.75) is 13.8 Å². The zero-order valence-corrected chi connectivity index (χ0v) is 12.7. The SMILES string of the molecule is CCOC(=O)c1c(-c2ccc(Br)cc2)nc(=O)[nH]c1C. The topological polar surface area (TPSA) is 72.0 Å². The first-order chi connectivity index (χ1) is 9.52. The number of esters is 1. The van der Waals surface area contributed by atoms with E-state index < -0.39 is 11.7 Å². The molecule has 1 heterocycles. The molecule has 0 aliphatic heterocycles. The van der Waals surface area contributed by atoms with Crippen molar-refractivity contribution in [1.29, 1.82) is 0 Å². The third-order valence-corrected chi connectivity index (χ3v) is 3.25. The molecule has 0 radical (unpaired) electrons. The number of aromatic nitrogens is 2. The van der Waals surface area contributed by atoms with Crippen LogP contribution < -0.4 is 5.69 Å². The highest BCUT2D eigenvalue weighted by Gasteiger charge is 2.19. The average molecular weight is 337 g/mol. The molecule has 2 rings (SSSR count). The van der Waals surface area contributed by atoms with Gasteiger partial charge in [-0.25, -0.2) is 9.59 Å². The number of halogens is 1. The minimum absolute atomic E-state index is 0.261. The van der Waals surface area contributed by atoms with Crippen molar-refractivity contribution in [2.24, 2.45) is 0 Å². The van der Waals surface area contributed by atoms with Gasteiger partial charge in [0.05, 0.1) is 12.3 Å². The average Bonchev–Trinajstić information content (AvgIpc) is 2.38. The van der Waals surface area contributed by atoms with Crippen LogP contribution in [0.5, 0.6) is 0 Å². The molecule has 1 aromatic heterocycles. The lowest BCUT2D eigenvalue weighted by Gasteiger charge is -2.10. The van der Waals surface area contributed by atoms with Crippen LogP contribution in [0.4, 0.5) is 0 Å². The Balaban J connectivity index is 2.64. The maximum absolute atomic E-state index is 12.0. The summed E-state index contributed by atoms with van der Waals surface area (Å²) in [5.41, 5.74) is 1.26. The van der Waals surface area contributed by atoms with E-state index in [1.165, 1.54) is 0 Å². The molecule has 0 aliphatic rings. The van der Waals surface area contributed by atoms with Crippen molar-refractivity contribution in [3.8, 4) is 11.3 Å². The van der Waals surface area contributed by atoms with Crippen molar-refractivity contribution in [3.63, 3.8) is 0 Å². The number of rotatable bonds is 3. The van der Waals surface area contributed by atoms with E-state index in [-0.39, 0.29) is 12.2 Å². The van der Waals surface area contributed by atoms with E-state index in [1.807, 2.05) is 12.1 Å². The number of aromatic amines is 1. The lowest BCUT2D eigenvalue weighted by atomic mass is 10.0. The van der Waals surface area contributed by atoms with Crippen LogP contribution in [0, 0.1) is 6.92 Å². The normalized spacial score (nSPS) is 10.3. The molecule has 6 heteroatoms. The van der Waals surface area contributed by atoms with E-state index in [9.17, 15) is 9.59 Å². The Bertz CT molecular complexity index is 693. The number of ether oxygens (including phenoxy) is 1. The Morgan fingerprint density at radius 1 is 1.35 bits per heavy atom. The first-order valence-corrected chi connectivity index (χ1v) is 6.86. The predicted octanol–water partition coefficient (Wildman–Crippen LogP) is 2.68. The fourth-order valence-electron chi connectivity index (χ4n) is 1.86. The molecule has 20 heavy (non-hydrogen) atoms. The number of nitrogens with one attached hydrogen (secondary N) is 1. The molecular formula is C14H13BrN2O3. The van der Waals surface area contributed by atoms with Crippen molar-refractivity contribution in [2.75, 3.05) is 6.61 Å². The molecule has 0 amide bonds. The van der Waals surface area contributed by atoms with Gasteiger partial charge in [-0.05, 0) is 26.0 Å². The number of benzene rings is 1. The smallest absolute Gasteiger partial charge is 0.345 e. The van der Waals surface area contributed by atoms with Crippen molar-refractivity contribution >= 4 is 21.9 Å². The van der Waals surface area contributed by atoms with Gasteiger partial charge < -0.3 is 9.72 Å². The maximum atomic E-state index is 12.0. The first kappa shape index (κ1) is 14.5. The monoisotopic (exact) mass is 336 g/mol. The highest BCUT2D eigenvalue weighted by molar-refractivity contribution is 9.10. The number of hydrogen-bond acceptors (Lipinski definition) is 4. The van der Waals surface area contributed by atoms with Crippen molar-refractivity contribution in [3.05, 3.63) is 50.5 Å². The Kier molecular flexibility index (Phi) is 4.34. The van der Waals surface area contributed by atoms with Crippen molar-refractivity contribution < 1.29 is 9.53 Å². The molecule has 1 aromatic carbocycles. The van der Waals surface area contributed by atoms with Gasteiger partial charge in [0.25, 0.3) is 0 Å². The molecule has 0 aliphatic carbocycles. The number of H-pyrrole nitrogens is 1. The fourth-order valence-corrected chi connectivity index (χ4v) is 2.12. The molecule has 0 atom stereocenters. The van der Waals surface area contributed by atoms with Crippen LogP contribution in [0.3, 0.4) is 0 Å². The molecule has 0 unspecified atom stereocenters. The van der Waals surface area contributed by atoms with Gasteiger partial charge in [-0.2, -0.15) is 4.98 Å². The van der Waals surface area contributed by atoms with E-state index in [2.05, 4.69) is 25.9 Å². The minimum Gasteiger partial charge on any atom is -0.462 e. The molecule has 0 bridgehead atoms. The summed E-state index contributed by atoms with van der Waals surface area (Å²) in [7, 11) is 0. The number of hydrogen-bond donors (Lipinski definition) is 1. The summed E-state index contributed by atoms with van der Waals surface area (Å²) in [5.74, 6) is -0.494. The molecule has 0 spiro atoms. The number of carbonyl (C=O) groups is 1. The second-order valence-electron chi connectivity index (χ2n) is 4.12. The predicted molar refractivity (Wildman–Crippen MR) is 78.7 cm³/mol. The third-order valence-electron chi connectivity index (χ3n) is 2.72. The lowest BCUT2D eigenvalue weighted by Crippen LogP contribution is -2.19. The second-order valence-corrected chi connectivity index (χ2v) is 5.03. The van der Waals surface area contributed by atoms with Gasteiger partial charge in [0.1, 0.15) is 5.56 Å². The van der Waals surface area contributed by atoms with E-state index in [0.717, 1.165) is 4.47 Å². The lowest BCUT2D eigenvalue weighted by molar-refractivity contribution is 0.0525. The van der Waals surface area contributed by atoms with Crippen LogP contribution >= 0.6 is 15.9 Å². The Morgan fingerprint density at radius 3 is 2.60 bits per heavy atom. The number of aryl methyl sites for hydroxylation is 1. The summed E-state index contributed by atoms with van der Waals surface area (Å²) in [4.78, 5) is 30.0. The minimum atomic E-state index is -0.494. The molecule has 5 nitrogen and oxygen atoms in total. The van der Waals surface area contributed by atoms with Gasteiger partial charge in [-0.3, -0.25) is 0 Å². The molecule has 0 saturated heterocycles. The van der Waals surface area contributed by atoms with E-state index in [4.69, 9.17) is 4.74 Å². The van der Waals surface area contributed by atoms with Gasteiger partial charge in [0.15, 0.2) is 0 Å². The molecule has 1 N–H and O–H groups in total. The second kappa shape index (κ2) is 6.00. The van der Waals surface area contributed by atoms with Gasteiger partial charge in [0, 0.05) is 15.7 Å². The Labute approximate surface area is 124 Å². The highest BCUT2D eigenvalue weighted by Crippen LogP contribution is 2.24. The van der Waals surface area contributed by atoms with Crippen LogP contribution in [0.2, 0.25) is 0 Å². The standard InChI is InChI=1S/C14H13BrN2O3/c1-3-20-13(18)11-8(2)16-14(19)17-12(11)9-4-6-10(15)7-5-9/h4-7H,3H2,1-2H3,(H,16,17,19). The summed E-state index contributed by atoms with van der Waals surface area (Å²) in [6, 6.07) is 7.22. The number of nitrogens with zero attached hydrogens (tertiary/aromatic N) is 1. The van der Waals surface area contributed by atoms with Crippen LogP contribution in [0.25, 0.3) is 11.3 Å². The summed E-state index contributed by atoms with van der Waals surface area (Å²) in [6.07, 6.45) is 0. The Morgan fingerprint density at radius 2 is 2.00 bits per heavy atom. The quantitative estimate of drug-likeness (QED) is 0.874. The zero-order chi connectivity index (χ0) is 14.7. The van der Waals surface area contributed by atoms with E-state index in [1.54, 1.807) is 26.0 Å². The largest absolute Gasteiger partial charge is 0.462 e. The summed E-state index contributed by atoms with van der Waals surface area (Å²) in [6.45, 7) is 3.64. The van der Waals surface area contributed by atoms with Crippen LogP contribution in [-0.4, -0.2) is 22.5 Å². The molecule has 0 saturated carbocycles. The summed E-state index contributed by atoms with van der Waals surface area (Å²) >= 11 is 3.34. The zero-order valence-electron chi connectivity index (χ0n) is 11.1. The van der Waals surface area contributed by atoms with Crippen LogP contribution in [-0.2, 0) is 4.74 Å². The van der Waals surface area contributed by atoms with Gasteiger partial charge >= 0.3 is 11.7 Å². The van der Waals surface area contributed by atoms with Crippen LogP contribution in [0.1, 0.15) is 23.0 Å². The molecule has 104 valence electrons. The Hall–Kier alpha value is -1.95. The summed E-state index contributed by atoms with van der Waals surface area (Å²) in [5, 5.41) is 0. The molecule has 2 aromatic rings. The number of carbonyl (C=O) groups excluding carboxylic acids is 1. The van der Waals surface area contributed by atoms with Gasteiger partial charge in [-0.1, -0.05) is 28.1 Å². The molecule has 0 fully saturated rings. The third kappa shape index (κ3) is 2.96. The van der Waals surface area contributed by atoms with Gasteiger partial charge in [0.2, 0.25) is 0 Å². The highest BCUT2D eigenvalue weighted by atomic mass is 79.9.